The number of carbonyl (C=O) groups is 3. The number of anilines is 2. The number of ether oxygens (including phenoxy) is 3. The molecular weight excluding hydrogens is 506 g/mol. The van der Waals surface area contributed by atoms with Gasteiger partial charge in [-0.1, -0.05) is 6.07 Å². The standard InChI is InChI=1S/C23H23N5O6S2/c24-17-18(21(25)29)27-36-20(17)23(31)28(12-5-6-14-15(9-12)34-11-33-14)19(16-4-2-8-35-16)22(30)26-10-13-3-1-7-32-13/h2,4-6,8-9,13,19H,1,3,7,10-11,24H2,(H2,25,29)(H,26,30). The molecule has 3 aromatic rings. The summed E-state index contributed by atoms with van der Waals surface area (Å²) in [5.41, 5.74) is 11.5. The van der Waals surface area contributed by atoms with E-state index in [1.54, 1.807) is 30.3 Å². The fourth-order valence-electron chi connectivity index (χ4n) is 4.09. The van der Waals surface area contributed by atoms with Crippen molar-refractivity contribution in [3.63, 3.8) is 0 Å². The number of carbonyl (C=O) groups excluding carboxylic acids is 3. The van der Waals surface area contributed by atoms with E-state index in [1.807, 2.05) is 5.38 Å². The molecule has 2 aliphatic heterocycles. The quantitative estimate of drug-likeness (QED) is 0.401. The van der Waals surface area contributed by atoms with E-state index in [0.717, 1.165) is 24.4 Å². The molecule has 5 rings (SSSR count). The number of nitrogens with two attached hydrogens (primary N) is 2. The lowest BCUT2D eigenvalue weighted by Gasteiger charge is -2.30. The number of thiophene rings is 1. The van der Waals surface area contributed by atoms with Gasteiger partial charge in [0.2, 0.25) is 12.7 Å². The minimum atomic E-state index is -1.04. The van der Waals surface area contributed by atoms with Gasteiger partial charge in [0.15, 0.2) is 23.2 Å². The van der Waals surface area contributed by atoms with Gasteiger partial charge in [0.25, 0.3) is 11.8 Å². The Balaban J connectivity index is 1.57. The Hall–Kier alpha value is -3.68. The summed E-state index contributed by atoms with van der Waals surface area (Å²) in [5, 5.41) is 4.76. The van der Waals surface area contributed by atoms with Crippen LogP contribution in [0.3, 0.4) is 0 Å². The molecule has 1 saturated heterocycles. The van der Waals surface area contributed by atoms with E-state index in [0.29, 0.717) is 35.2 Å². The fraction of sp³-hybridized carbons (Fsp3) is 0.304. The minimum Gasteiger partial charge on any atom is -0.454 e. The van der Waals surface area contributed by atoms with Crippen LogP contribution in [0.15, 0.2) is 35.7 Å². The molecule has 0 aliphatic carbocycles. The van der Waals surface area contributed by atoms with E-state index in [1.165, 1.54) is 16.2 Å². The van der Waals surface area contributed by atoms with E-state index >= 15 is 0 Å². The number of nitrogens with one attached hydrogen (secondary N) is 1. The number of amides is 3. The maximum atomic E-state index is 14.0. The highest BCUT2D eigenvalue weighted by Gasteiger charge is 2.37. The Labute approximate surface area is 214 Å². The van der Waals surface area contributed by atoms with Crippen molar-refractivity contribution in [3.8, 4) is 11.5 Å². The summed E-state index contributed by atoms with van der Waals surface area (Å²) in [6.07, 6.45) is 1.70. The second-order valence-corrected chi connectivity index (χ2v) is 9.90. The van der Waals surface area contributed by atoms with Crippen LogP contribution >= 0.6 is 22.9 Å². The molecule has 0 bridgehead atoms. The third-order valence-corrected chi connectivity index (χ3v) is 7.63. The largest absolute Gasteiger partial charge is 0.454 e. The van der Waals surface area contributed by atoms with E-state index in [-0.39, 0.29) is 29.2 Å². The average molecular weight is 530 g/mol. The summed E-state index contributed by atoms with van der Waals surface area (Å²) in [7, 11) is 0. The van der Waals surface area contributed by atoms with E-state index in [4.69, 9.17) is 25.7 Å². The van der Waals surface area contributed by atoms with E-state index in [2.05, 4.69) is 9.69 Å². The first-order chi connectivity index (χ1) is 17.4. The van der Waals surface area contributed by atoms with Gasteiger partial charge in [-0.2, -0.15) is 4.37 Å². The first-order valence-electron chi connectivity index (χ1n) is 11.1. The van der Waals surface area contributed by atoms with E-state index in [9.17, 15) is 14.4 Å². The van der Waals surface area contributed by atoms with Gasteiger partial charge in [0.1, 0.15) is 4.88 Å². The number of primary amides is 1. The van der Waals surface area contributed by atoms with Crippen LogP contribution < -0.4 is 31.2 Å². The number of rotatable bonds is 8. The third-order valence-electron chi connectivity index (χ3n) is 5.86. The predicted octanol–water partition coefficient (Wildman–Crippen LogP) is 2.30. The monoisotopic (exact) mass is 529 g/mol. The molecule has 4 heterocycles. The van der Waals surface area contributed by atoms with Crippen molar-refractivity contribution < 1.29 is 28.6 Å². The third kappa shape index (κ3) is 4.59. The van der Waals surface area contributed by atoms with Crippen molar-refractivity contribution in [1.29, 1.82) is 0 Å². The molecule has 36 heavy (non-hydrogen) atoms. The molecule has 1 fully saturated rings. The summed E-state index contributed by atoms with van der Waals surface area (Å²) < 4.78 is 20.5. The molecule has 2 aromatic heterocycles. The van der Waals surface area contributed by atoms with Crippen LogP contribution in [0.5, 0.6) is 11.5 Å². The summed E-state index contributed by atoms with van der Waals surface area (Å²) in [6, 6.07) is 7.48. The van der Waals surface area contributed by atoms with Crippen molar-refractivity contribution in [1.82, 2.24) is 9.69 Å². The van der Waals surface area contributed by atoms with Crippen molar-refractivity contribution in [2.24, 2.45) is 5.73 Å². The molecule has 2 unspecified atom stereocenters. The molecule has 188 valence electrons. The maximum absolute atomic E-state index is 14.0. The summed E-state index contributed by atoms with van der Waals surface area (Å²) in [5.74, 6) is -0.888. The van der Waals surface area contributed by atoms with Crippen molar-refractivity contribution in [2.45, 2.75) is 25.0 Å². The van der Waals surface area contributed by atoms with Gasteiger partial charge in [-0.3, -0.25) is 19.3 Å². The topological polar surface area (TPSA) is 159 Å². The second kappa shape index (κ2) is 10.1. The van der Waals surface area contributed by atoms with Gasteiger partial charge in [0, 0.05) is 29.8 Å². The van der Waals surface area contributed by atoms with Crippen LogP contribution in [-0.2, 0) is 9.53 Å². The average Bonchev–Trinajstić information content (AvgIpc) is 3.67. The molecule has 2 atom stereocenters. The zero-order chi connectivity index (χ0) is 25.2. The number of hydrogen-bond donors (Lipinski definition) is 3. The number of nitrogens with zero attached hydrogens (tertiary/aromatic N) is 2. The summed E-state index contributed by atoms with van der Waals surface area (Å²) in [4.78, 5) is 41.3. The normalized spacial score (nSPS) is 17.1. The van der Waals surface area contributed by atoms with Crippen molar-refractivity contribution in [2.75, 3.05) is 30.6 Å². The van der Waals surface area contributed by atoms with Gasteiger partial charge in [0.05, 0.1) is 11.8 Å². The molecule has 0 radical (unpaired) electrons. The fourth-order valence-corrected chi connectivity index (χ4v) is 5.65. The SMILES string of the molecule is NC(=O)c1nsc(C(=O)N(c2ccc3c(c2)OCO3)C(C(=O)NCC2CCCO2)c2cccs2)c1N. The number of aromatic nitrogens is 1. The Morgan fingerprint density at radius 1 is 1.22 bits per heavy atom. The summed E-state index contributed by atoms with van der Waals surface area (Å²) >= 11 is 2.08. The Morgan fingerprint density at radius 2 is 2.06 bits per heavy atom. The smallest absolute Gasteiger partial charge is 0.273 e. The van der Waals surface area contributed by atoms with Gasteiger partial charge in [-0.15, -0.1) is 11.3 Å². The highest BCUT2D eigenvalue weighted by molar-refractivity contribution is 7.10. The molecule has 1 aromatic carbocycles. The number of benzene rings is 1. The second-order valence-electron chi connectivity index (χ2n) is 8.15. The Kier molecular flexibility index (Phi) is 6.76. The Bertz CT molecular complexity index is 1290. The lowest BCUT2D eigenvalue weighted by molar-refractivity contribution is -0.122. The molecule has 13 heteroatoms. The number of nitrogen functional groups attached to an aromatic ring is 1. The van der Waals surface area contributed by atoms with Crippen LogP contribution in [0.2, 0.25) is 0 Å². The molecule has 0 saturated carbocycles. The number of fused-ring (bicyclic) bond motifs is 1. The molecule has 0 spiro atoms. The number of hydrogen-bond acceptors (Lipinski definition) is 10. The first-order valence-corrected chi connectivity index (χ1v) is 12.8. The highest BCUT2D eigenvalue weighted by atomic mass is 32.1. The van der Waals surface area contributed by atoms with Crippen molar-refractivity contribution >= 4 is 52.0 Å². The molecular formula is C23H23N5O6S2. The summed E-state index contributed by atoms with van der Waals surface area (Å²) in [6.45, 7) is 1.02. The maximum Gasteiger partial charge on any atom is 0.273 e. The molecule has 3 amide bonds. The van der Waals surface area contributed by atoms with Crippen LogP contribution in [0.1, 0.15) is 43.9 Å². The van der Waals surface area contributed by atoms with Crippen LogP contribution in [0, 0.1) is 0 Å². The van der Waals surface area contributed by atoms with Crippen LogP contribution in [-0.4, -0.2) is 48.1 Å². The van der Waals surface area contributed by atoms with Crippen molar-refractivity contribution in [3.05, 3.63) is 51.2 Å². The van der Waals surface area contributed by atoms with Gasteiger partial charge in [-0.05, 0) is 48.0 Å². The molecule has 11 nitrogen and oxygen atoms in total. The predicted molar refractivity (Wildman–Crippen MR) is 133 cm³/mol. The van der Waals surface area contributed by atoms with E-state index < -0.39 is 23.8 Å². The highest BCUT2D eigenvalue weighted by Crippen LogP contribution is 2.40. The van der Waals surface area contributed by atoms with Gasteiger partial charge >= 0.3 is 0 Å². The first kappa shape index (κ1) is 24.0. The van der Waals surface area contributed by atoms with Gasteiger partial charge < -0.3 is 31.0 Å². The van der Waals surface area contributed by atoms with Gasteiger partial charge in [-0.25, -0.2) is 0 Å². The lowest BCUT2D eigenvalue weighted by Crippen LogP contribution is -2.45. The molecule has 5 N–H and O–H groups in total. The van der Waals surface area contributed by atoms with Crippen LogP contribution in [0.4, 0.5) is 11.4 Å². The minimum absolute atomic E-state index is 0.00468. The zero-order valence-corrected chi connectivity index (χ0v) is 20.6. The lowest BCUT2D eigenvalue weighted by atomic mass is 10.1. The zero-order valence-electron chi connectivity index (χ0n) is 19.0. The molecule has 2 aliphatic rings. The Morgan fingerprint density at radius 3 is 2.75 bits per heavy atom. The van der Waals surface area contributed by atoms with Crippen LogP contribution in [0.25, 0.3) is 0 Å².